The van der Waals surface area contributed by atoms with Crippen LogP contribution in [-0.4, -0.2) is 24.7 Å². The summed E-state index contributed by atoms with van der Waals surface area (Å²) in [7, 11) is 1.13. The third kappa shape index (κ3) is 4.92. The molecular weight excluding hydrogens is 482 g/mol. The zero-order valence-corrected chi connectivity index (χ0v) is 18.1. The summed E-state index contributed by atoms with van der Waals surface area (Å²) >= 11 is 3.33. The molecule has 0 spiro atoms. The van der Waals surface area contributed by atoms with Gasteiger partial charge in [0, 0.05) is 16.1 Å². The first-order valence-electron chi connectivity index (χ1n) is 9.57. The van der Waals surface area contributed by atoms with Crippen LogP contribution in [0.5, 0.6) is 0 Å². The summed E-state index contributed by atoms with van der Waals surface area (Å²) in [5.41, 5.74) is -2.76. The number of carbonyl (C=O) groups excluding carboxylic acids is 2. The molecular formula is C22H20BrF4NO3. The van der Waals surface area contributed by atoms with Crippen molar-refractivity contribution in [2.75, 3.05) is 12.4 Å². The zero-order valence-electron chi connectivity index (χ0n) is 16.5. The van der Waals surface area contributed by atoms with Gasteiger partial charge in [0.05, 0.1) is 12.7 Å². The first-order chi connectivity index (χ1) is 14.6. The lowest BCUT2D eigenvalue weighted by molar-refractivity contribution is -0.160. The standard InChI is InChI=1S/C22H20BrF4NO3/c1-31-19(29)18-17(13-4-8-15(23)9-5-13)3-2-12-21(18,24)20(30)28-16-10-6-14(7-11-16)22(25,26)27/h4-11,17-18H,2-3,12H2,1H3,(H,28,30)/t17-,18+,21+/m0/s1. The van der Waals surface area contributed by atoms with Crippen LogP contribution in [0, 0.1) is 5.92 Å². The molecule has 2 aromatic carbocycles. The smallest absolute Gasteiger partial charge is 0.416 e. The van der Waals surface area contributed by atoms with E-state index in [4.69, 9.17) is 4.74 Å². The predicted molar refractivity (Wildman–Crippen MR) is 110 cm³/mol. The van der Waals surface area contributed by atoms with Crippen LogP contribution in [0.2, 0.25) is 0 Å². The number of halogens is 5. The molecule has 1 saturated carbocycles. The number of ether oxygens (including phenoxy) is 1. The van der Waals surface area contributed by atoms with Gasteiger partial charge in [-0.3, -0.25) is 9.59 Å². The van der Waals surface area contributed by atoms with Crippen LogP contribution in [0.4, 0.5) is 23.2 Å². The maximum Gasteiger partial charge on any atom is 0.416 e. The second-order valence-electron chi connectivity index (χ2n) is 7.44. The molecule has 0 aliphatic heterocycles. The molecule has 1 amide bonds. The highest BCUT2D eigenvalue weighted by Gasteiger charge is 2.56. The number of alkyl halides is 4. The normalized spacial score (nSPS) is 23.8. The van der Waals surface area contributed by atoms with E-state index in [2.05, 4.69) is 21.2 Å². The molecule has 1 fully saturated rings. The third-order valence-electron chi connectivity index (χ3n) is 5.55. The molecule has 1 N–H and O–H groups in total. The van der Waals surface area contributed by atoms with Crippen LogP contribution >= 0.6 is 15.9 Å². The molecule has 3 atom stereocenters. The number of hydrogen-bond acceptors (Lipinski definition) is 3. The number of esters is 1. The van der Waals surface area contributed by atoms with Crippen molar-refractivity contribution in [3.05, 3.63) is 64.1 Å². The maximum atomic E-state index is 16.1. The highest BCUT2D eigenvalue weighted by molar-refractivity contribution is 9.10. The summed E-state index contributed by atoms with van der Waals surface area (Å²) in [4.78, 5) is 25.5. The summed E-state index contributed by atoms with van der Waals surface area (Å²) in [6.07, 6.45) is -3.89. The largest absolute Gasteiger partial charge is 0.469 e. The van der Waals surface area contributed by atoms with Gasteiger partial charge in [-0.15, -0.1) is 0 Å². The molecule has 9 heteroatoms. The number of benzene rings is 2. The lowest BCUT2D eigenvalue weighted by Crippen LogP contribution is -2.53. The molecule has 0 saturated heterocycles. The number of nitrogens with one attached hydrogen (secondary N) is 1. The van der Waals surface area contributed by atoms with E-state index < -0.39 is 41.1 Å². The fourth-order valence-electron chi connectivity index (χ4n) is 4.00. The average molecular weight is 502 g/mol. The van der Waals surface area contributed by atoms with E-state index in [1.807, 2.05) is 0 Å². The van der Waals surface area contributed by atoms with Gasteiger partial charge in [-0.1, -0.05) is 28.1 Å². The molecule has 2 aromatic rings. The van der Waals surface area contributed by atoms with Gasteiger partial charge in [0.2, 0.25) is 5.67 Å². The Morgan fingerprint density at radius 3 is 2.26 bits per heavy atom. The number of methoxy groups -OCH3 is 1. The SMILES string of the molecule is COC(=O)[C@H]1[C@H](c2ccc(Br)cc2)CCC[C@]1(F)C(=O)Nc1ccc(C(F)(F)F)cc1. The lowest BCUT2D eigenvalue weighted by atomic mass is 9.67. The van der Waals surface area contributed by atoms with Gasteiger partial charge in [0.25, 0.3) is 5.91 Å². The van der Waals surface area contributed by atoms with Crippen molar-refractivity contribution in [2.24, 2.45) is 5.92 Å². The fraction of sp³-hybridized carbons (Fsp3) is 0.364. The molecule has 4 nitrogen and oxygen atoms in total. The Balaban J connectivity index is 1.89. The van der Waals surface area contributed by atoms with Crippen LogP contribution in [-0.2, 0) is 20.5 Å². The Bertz CT molecular complexity index is 947. The minimum atomic E-state index is -4.53. The summed E-state index contributed by atoms with van der Waals surface area (Å²) < 4.78 is 60.0. The molecule has 1 aliphatic carbocycles. The van der Waals surface area contributed by atoms with Crippen molar-refractivity contribution in [3.63, 3.8) is 0 Å². The maximum absolute atomic E-state index is 16.1. The Morgan fingerprint density at radius 2 is 1.71 bits per heavy atom. The summed E-state index contributed by atoms with van der Waals surface area (Å²) in [5, 5.41) is 2.32. The summed E-state index contributed by atoms with van der Waals surface area (Å²) in [6.45, 7) is 0. The first kappa shape index (κ1) is 23.2. The predicted octanol–water partition coefficient (Wildman–Crippen LogP) is 5.87. The molecule has 0 aromatic heterocycles. The van der Waals surface area contributed by atoms with E-state index in [9.17, 15) is 22.8 Å². The van der Waals surface area contributed by atoms with E-state index in [0.717, 1.165) is 35.8 Å². The molecule has 0 heterocycles. The number of amides is 1. The van der Waals surface area contributed by atoms with Crippen molar-refractivity contribution >= 4 is 33.5 Å². The van der Waals surface area contributed by atoms with E-state index in [1.165, 1.54) is 0 Å². The highest BCUT2D eigenvalue weighted by atomic mass is 79.9. The van der Waals surface area contributed by atoms with Crippen LogP contribution in [0.15, 0.2) is 53.0 Å². The summed E-state index contributed by atoms with van der Waals surface area (Å²) in [5.74, 6) is -3.90. The van der Waals surface area contributed by atoms with Gasteiger partial charge in [-0.25, -0.2) is 4.39 Å². The lowest BCUT2D eigenvalue weighted by Gasteiger charge is -2.40. The number of rotatable bonds is 4. The van der Waals surface area contributed by atoms with E-state index in [1.54, 1.807) is 24.3 Å². The number of anilines is 1. The van der Waals surface area contributed by atoms with Crippen LogP contribution in [0.25, 0.3) is 0 Å². The Hall–Kier alpha value is -2.42. The van der Waals surface area contributed by atoms with E-state index in [0.29, 0.717) is 18.4 Å². The monoisotopic (exact) mass is 501 g/mol. The molecule has 0 bridgehead atoms. The molecule has 166 valence electrons. The van der Waals surface area contributed by atoms with Crippen LogP contribution in [0.1, 0.15) is 36.3 Å². The van der Waals surface area contributed by atoms with Gasteiger partial charge in [-0.05, 0) is 61.2 Å². The van der Waals surface area contributed by atoms with Gasteiger partial charge >= 0.3 is 12.1 Å². The van der Waals surface area contributed by atoms with Gasteiger partial charge < -0.3 is 10.1 Å². The second kappa shape index (κ2) is 8.98. The van der Waals surface area contributed by atoms with Crippen molar-refractivity contribution < 1.29 is 31.9 Å². The average Bonchev–Trinajstić information content (AvgIpc) is 2.73. The fourth-order valence-corrected chi connectivity index (χ4v) is 4.26. The molecule has 1 aliphatic rings. The third-order valence-corrected chi connectivity index (χ3v) is 6.08. The van der Waals surface area contributed by atoms with Crippen molar-refractivity contribution in [2.45, 2.75) is 37.0 Å². The van der Waals surface area contributed by atoms with E-state index in [-0.39, 0.29) is 12.1 Å². The highest BCUT2D eigenvalue weighted by Crippen LogP contribution is 2.47. The van der Waals surface area contributed by atoms with Gasteiger partial charge in [0.1, 0.15) is 5.92 Å². The topological polar surface area (TPSA) is 55.4 Å². The van der Waals surface area contributed by atoms with Crippen LogP contribution < -0.4 is 5.32 Å². The Kier molecular flexibility index (Phi) is 6.73. The van der Waals surface area contributed by atoms with Crippen LogP contribution in [0.3, 0.4) is 0 Å². The number of hydrogen-bond donors (Lipinski definition) is 1. The van der Waals surface area contributed by atoms with Gasteiger partial charge in [-0.2, -0.15) is 13.2 Å². The zero-order chi connectivity index (χ0) is 22.8. The number of carbonyl (C=O) groups is 2. The molecule has 0 radical (unpaired) electrons. The van der Waals surface area contributed by atoms with Crippen molar-refractivity contribution in [1.82, 2.24) is 0 Å². The Labute approximate surface area is 185 Å². The summed E-state index contributed by atoms with van der Waals surface area (Å²) in [6, 6.07) is 10.7. The van der Waals surface area contributed by atoms with E-state index >= 15 is 4.39 Å². The van der Waals surface area contributed by atoms with Crippen molar-refractivity contribution in [1.29, 1.82) is 0 Å². The first-order valence-corrected chi connectivity index (χ1v) is 10.4. The van der Waals surface area contributed by atoms with Gasteiger partial charge in [0.15, 0.2) is 0 Å². The van der Waals surface area contributed by atoms with Crippen molar-refractivity contribution in [3.8, 4) is 0 Å². The Morgan fingerprint density at radius 1 is 1.10 bits per heavy atom. The molecule has 0 unspecified atom stereocenters. The quantitative estimate of drug-likeness (QED) is 0.420. The molecule has 3 rings (SSSR count). The minimum absolute atomic E-state index is 0.00408. The molecule has 31 heavy (non-hydrogen) atoms. The minimum Gasteiger partial charge on any atom is -0.469 e. The second-order valence-corrected chi connectivity index (χ2v) is 8.36.